The Kier molecular flexibility index (Phi) is 6.66. The van der Waals surface area contributed by atoms with Crippen molar-refractivity contribution in [3.8, 4) is 6.07 Å². The van der Waals surface area contributed by atoms with Crippen LogP contribution in [0.15, 0.2) is 24.3 Å². The van der Waals surface area contributed by atoms with Crippen molar-refractivity contribution in [1.82, 2.24) is 4.90 Å². The second-order valence-electron chi connectivity index (χ2n) is 8.35. The molecule has 0 bridgehead atoms. The summed E-state index contributed by atoms with van der Waals surface area (Å²) >= 11 is 0. The van der Waals surface area contributed by atoms with Gasteiger partial charge in [-0.1, -0.05) is 12.1 Å². The molecule has 0 aromatic heterocycles. The molecule has 1 fully saturated rings. The molecule has 0 spiro atoms. The highest BCUT2D eigenvalue weighted by atomic mass is 16.6. The Balaban J connectivity index is 1.95. The fourth-order valence-electron chi connectivity index (χ4n) is 3.53. The molecule has 1 aliphatic rings. The maximum atomic E-state index is 12.2. The SMILES string of the molecule is C[C@H](N)[C@@H](CC1CCN(C(=O)OC(C)(C)C)CC1)c1cccc(C#N)c1. The van der Waals surface area contributed by atoms with E-state index in [1.165, 1.54) is 0 Å². The highest BCUT2D eigenvalue weighted by Gasteiger charge is 2.29. The van der Waals surface area contributed by atoms with E-state index in [0.717, 1.165) is 37.9 Å². The van der Waals surface area contributed by atoms with Crippen molar-refractivity contribution in [3.05, 3.63) is 35.4 Å². The lowest BCUT2D eigenvalue weighted by Gasteiger charge is -2.35. The Morgan fingerprint density at radius 2 is 2.04 bits per heavy atom. The van der Waals surface area contributed by atoms with Crippen molar-refractivity contribution in [1.29, 1.82) is 5.26 Å². The monoisotopic (exact) mass is 357 g/mol. The van der Waals surface area contributed by atoms with Crippen LogP contribution < -0.4 is 5.73 Å². The maximum Gasteiger partial charge on any atom is 0.410 e. The predicted molar refractivity (Wildman–Crippen MR) is 103 cm³/mol. The van der Waals surface area contributed by atoms with E-state index in [1.54, 1.807) is 4.90 Å². The van der Waals surface area contributed by atoms with Crippen LogP contribution in [0.5, 0.6) is 0 Å². The van der Waals surface area contributed by atoms with Crippen LogP contribution in [0.4, 0.5) is 4.79 Å². The third-order valence-electron chi connectivity index (χ3n) is 4.93. The van der Waals surface area contributed by atoms with E-state index in [9.17, 15) is 4.79 Å². The summed E-state index contributed by atoms with van der Waals surface area (Å²) in [7, 11) is 0. The van der Waals surface area contributed by atoms with Gasteiger partial charge in [-0.15, -0.1) is 0 Å². The lowest BCUT2D eigenvalue weighted by Crippen LogP contribution is -2.42. The number of piperidine rings is 1. The molecule has 0 aliphatic carbocycles. The lowest BCUT2D eigenvalue weighted by molar-refractivity contribution is 0.0178. The van der Waals surface area contributed by atoms with Gasteiger partial charge in [0.05, 0.1) is 11.6 Å². The van der Waals surface area contributed by atoms with Crippen LogP contribution in [0.3, 0.4) is 0 Å². The Hall–Kier alpha value is -2.06. The number of nitrogens with zero attached hydrogens (tertiary/aromatic N) is 2. The van der Waals surface area contributed by atoms with Gasteiger partial charge in [0.25, 0.3) is 0 Å². The molecule has 1 aliphatic heterocycles. The van der Waals surface area contributed by atoms with E-state index in [0.29, 0.717) is 11.5 Å². The molecule has 0 radical (unpaired) electrons. The number of benzene rings is 1. The van der Waals surface area contributed by atoms with Gasteiger partial charge in [-0.3, -0.25) is 0 Å². The smallest absolute Gasteiger partial charge is 0.410 e. The van der Waals surface area contributed by atoms with Crippen LogP contribution >= 0.6 is 0 Å². The van der Waals surface area contributed by atoms with Crippen molar-refractivity contribution >= 4 is 6.09 Å². The van der Waals surface area contributed by atoms with Crippen molar-refractivity contribution in [2.45, 2.75) is 64.5 Å². The molecule has 2 N–H and O–H groups in total. The molecule has 1 amide bonds. The highest BCUT2D eigenvalue weighted by molar-refractivity contribution is 5.68. The largest absolute Gasteiger partial charge is 0.444 e. The molecule has 1 heterocycles. The Bertz CT molecular complexity index is 650. The summed E-state index contributed by atoms with van der Waals surface area (Å²) in [5.41, 5.74) is 7.60. The molecule has 0 unspecified atom stereocenters. The van der Waals surface area contributed by atoms with Crippen LogP contribution in [0.1, 0.15) is 64.0 Å². The van der Waals surface area contributed by atoms with E-state index < -0.39 is 5.60 Å². The average Bonchev–Trinajstić information content (AvgIpc) is 2.58. The van der Waals surface area contributed by atoms with Crippen molar-refractivity contribution in [3.63, 3.8) is 0 Å². The van der Waals surface area contributed by atoms with Gasteiger partial charge in [0, 0.05) is 19.1 Å². The van der Waals surface area contributed by atoms with E-state index in [1.807, 2.05) is 45.9 Å². The molecular formula is C21H31N3O2. The molecule has 2 atom stereocenters. The molecule has 1 saturated heterocycles. The fraction of sp³-hybridized carbons (Fsp3) is 0.619. The fourth-order valence-corrected chi connectivity index (χ4v) is 3.53. The van der Waals surface area contributed by atoms with Crippen LogP contribution in [0.2, 0.25) is 0 Å². The number of hydrogen-bond donors (Lipinski definition) is 1. The van der Waals surface area contributed by atoms with Gasteiger partial charge >= 0.3 is 6.09 Å². The summed E-state index contributed by atoms with van der Waals surface area (Å²) in [5, 5.41) is 9.14. The summed E-state index contributed by atoms with van der Waals surface area (Å²) in [6.45, 7) is 9.15. The van der Waals surface area contributed by atoms with E-state index in [4.69, 9.17) is 15.7 Å². The first-order valence-electron chi connectivity index (χ1n) is 9.43. The quantitative estimate of drug-likeness (QED) is 0.882. The third kappa shape index (κ3) is 5.74. The van der Waals surface area contributed by atoms with Gasteiger partial charge in [-0.2, -0.15) is 5.26 Å². The number of likely N-dealkylation sites (tertiary alicyclic amines) is 1. The Morgan fingerprint density at radius 1 is 1.38 bits per heavy atom. The van der Waals surface area contributed by atoms with Crippen molar-refractivity contribution in [2.75, 3.05) is 13.1 Å². The molecule has 1 aromatic carbocycles. The Morgan fingerprint density at radius 3 is 2.58 bits per heavy atom. The molecule has 142 valence electrons. The Labute approximate surface area is 157 Å². The normalized spacial score (nSPS) is 18.1. The second-order valence-corrected chi connectivity index (χ2v) is 8.35. The molecule has 0 saturated carbocycles. The number of nitrogens with two attached hydrogens (primary N) is 1. The van der Waals surface area contributed by atoms with Crippen LogP contribution in [-0.2, 0) is 4.74 Å². The van der Waals surface area contributed by atoms with E-state index in [-0.39, 0.29) is 18.1 Å². The number of hydrogen-bond acceptors (Lipinski definition) is 4. The average molecular weight is 357 g/mol. The first-order chi connectivity index (χ1) is 12.2. The zero-order valence-electron chi connectivity index (χ0n) is 16.4. The number of carbonyl (C=O) groups is 1. The van der Waals surface area contributed by atoms with Crippen LogP contribution in [-0.4, -0.2) is 35.7 Å². The lowest BCUT2D eigenvalue weighted by atomic mass is 9.80. The van der Waals surface area contributed by atoms with E-state index in [2.05, 4.69) is 12.1 Å². The van der Waals surface area contributed by atoms with Crippen LogP contribution in [0.25, 0.3) is 0 Å². The molecule has 1 aromatic rings. The number of rotatable bonds is 4. The van der Waals surface area contributed by atoms with Gasteiger partial charge in [-0.25, -0.2) is 4.79 Å². The molecule has 5 nitrogen and oxygen atoms in total. The zero-order valence-corrected chi connectivity index (χ0v) is 16.4. The summed E-state index contributed by atoms with van der Waals surface area (Å²) in [6.07, 6.45) is 2.68. The van der Waals surface area contributed by atoms with Crippen LogP contribution in [0, 0.1) is 17.2 Å². The third-order valence-corrected chi connectivity index (χ3v) is 4.93. The molecule has 2 rings (SSSR count). The minimum Gasteiger partial charge on any atom is -0.444 e. The molecule has 5 heteroatoms. The standard InChI is InChI=1S/C21H31N3O2/c1-15(23)19(18-7-5-6-17(12-18)14-22)13-16-8-10-24(11-9-16)20(25)26-21(2,3)4/h5-7,12,15-16,19H,8-11,13,23H2,1-4H3/t15-,19+/m0/s1. The summed E-state index contributed by atoms with van der Waals surface area (Å²) in [6, 6.07) is 9.98. The first kappa shape index (κ1) is 20.3. The number of amides is 1. The molecule has 26 heavy (non-hydrogen) atoms. The van der Waals surface area contributed by atoms with Gasteiger partial charge in [0.15, 0.2) is 0 Å². The van der Waals surface area contributed by atoms with Crippen molar-refractivity contribution < 1.29 is 9.53 Å². The van der Waals surface area contributed by atoms with Gasteiger partial charge < -0.3 is 15.4 Å². The summed E-state index contributed by atoms with van der Waals surface area (Å²) < 4.78 is 5.46. The summed E-state index contributed by atoms with van der Waals surface area (Å²) in [4.78, 5) is 14.0. The van der Waals surface area contributed by atoms with Gasteiger partial charge in [-0.05, 0) is 76.5 Å². The number of carbonyl (C=O) groups excluding carboxylic acids is 1. The number of ether oxygens (including phenoxy) is 1. The zero-order chi connectivity index (χ0) is 19.3. The van der Waals surface area contributed by atoms with Gasteiger partial charge in [0.2, 0.25) is 0 Å². The maximum absolute atomic E-state index is 12.2. The van der Waals surface area contributed by atoms with Gasteiger partial charge in [0.1, 0.15) is 5.60 Å². The van der Waals surface area contributed by atoms with E-state index >= 15 is 0 Å². The first-order valence-corrected chi connectivity index (χ1v) is 9.43. The summed E-state index contributed by atoms with van der Waals surface area (Å²) in [5.74, 6) is 0.747. The minimum absolute atomic E-state index is 0.0211. The second kappa shape index (κ2) is 8.55. The number of nitriles is 1. The molecular weight excluding hydrogens is 326 g/mol. The van der Waals surface area contributed by atoms with Crippen molar-refractivity contribution in [2.24, 2.45) is 11.7 Å². The predicted octanol–water partition coefficient (Wildman–Crippen LogP) is 4.03. The topological polar surface area (TPSA) is 79.3 Å². The highest BCUT2D eigenvalue weighted by Crippen LogP contribution is 2.32. The minimum atomic E-state index is -0.459.